The first-order valence-corrected chi connectivity index (χ1v) is 6.65. The standard InChI is InChI=1S/C14H11Cl2NO3/c1-2-20-14(19)9-6-7-17-13(18)11(9)8-4-3-5-10(15)12(8)16/h3-7H,2H2,1H3,(H,17,18). The molecule has 20 heavy (non-hydrogen) atoms. The summed E-state index contributed by atoms with van der Waals surface area (Å²) in [5, 5.41) is 0.527. The summed E-state index contributed by atoms with van der Waals surface area (Å²) in [4.78, 5) is 26.5. The summed E-state index contributed by atoms with van der Waals surface area (Å²) in [6, 6.07) is 6.37. The fraction of sp³-hybridized carbons (Fsp3) is 0.143. The molecule has 1 heterocycles. The van der Waals surface area contributed by atoms with E-state index in [2.05, 4.69) is 4.98 Å². The van der Waals surface area contributed by atoms with E-state index in [9.17, 15) is 9.59 Å². The number of esters is 1. The van der Waals surface area contributed by atoms with Gasteiger partial charge < -0.3 is 9.72 Å². The van der Waals surface area contributed by atoms with E-state index < -0.39 is 11.5 Å². The quantitative estimate of drug-likeness (QED) is 0.882. The lowest BCUT2D eigenvalue weighted by Gasteiger charge is -2.10. The highest BCUT2D eigenvalue weighted by Gasteiger charge is 2.19. The van der Waals surface area contributed by atoms with E-state index in [1.165, 1.54) is 12.3 Å². The molecule has 0 bridgehead atoms. The number of halogens is 2. The molecule has 0 aliphatic rings. The molecule has 0 saturated carbocycles. The summed E-state index contributed by atoms with van der Waals surface area (Å²) in [6.07, 6.45) is 1.39. The Hall–Kier alpha value is -1.78. The minimum Gasteiger partial charge on any atom is -0.462 e. The molecule has 0 atom stereocenters. The lowest BCUT2D eigenvalue weighted by Crippen LogP contribution is -2.16. The van der Waals surface area contributed by atoms with E-state index in [4.69, 9.17) is 27.9 Å². The molecule has 6 heteroatoms. The summed E-state index contributed by atoms with van der Waals surface area (Å²) in [5.74, 6) is -0.579. The zero-order valence-electron chi connectivity index (χ0n) is 10.6. The van der Waals surface area contributed by atoms with Crippen molar-refractivity contribution in [3.8, 4) is 11.1 Å². The molecule has 104 valence electrons. The summed E-state index contributed by atoms with van der Waals surface area (Å²) in [7, 11) is 0. The van der Waals surface area contributed by atoms with Gasteiger partial charge in [0.15, 0.2) is 0 Å². The molecule has 2 aromatic rings. The van der Waals surface area contributed by atoms with E-state index in [1.54, 1.807) is 25.1 Å². The van der Waals surface area contributed by atoms with Gasteiger partial charge in [0.2, 0.25) is 0 Å². The Bertz CT molecular complexity index is 710. The molecule has 1 aromatic carbocycles. The highest BCUT2D eigenvalue weighted by molar-refractivity contribution is 6.43. The van der Waals surface area contributed by atoms with Crippen LogP contribution in [0.25, 0.3) is 11.1 Å². The van der Waals surface area contributed by atoms with Crippen LogP contribution in [0, 0.1) is 0 Å². The minimum absolute atomic E-state index is 0.151. The third-order valence-electron chi connectivity index (χ3n) is 2.68. The van der Waals surface area contributed by atoms with Gasteiger partial charge in [-0.1, -0.05) is 35.3 Å². The molecule has 0 saturated heterocycles. The SMILES string of the molecule is CCOC(=O)c1cc[nH]c(=O)c1-c1cccc(Cl)c1Cl. The van der Waals surface area contributed by atoms with Gasteiger partial charge in [0.25, 0.3) is 5.56 Å². The number of nitrogens with one attached hydrogen (secondary N) is 1. The number of ether oxygens (including phenoxy) is 1. The van der Waals surface area contributed by atoms with Crippen LogP contribution in [0.4, 0.5) is 0 Å². The van der Waals surface area contributed by atoms with Crippen molar-refractivity contribution in [3.05, 3.63) is 56.4 Å². The number of rotatable bonds is 3. The Balaban J connectivity index is 2.70. The van der Waals surface area contributed by atoms with Crippen LogP contribution in [0.5, 0.6) is 0 Å². The molecule has 0 radical (unpaired) electrons. The molecule has 0 spiro atoms. The number of aromatic nitrogens is 1. The second kappa shape index (κ2) is 6.11. The van der Waals surface area contributed by atoms with Crippen LogP contribution in [-0.4, -0.2) is 17.6 Å². The maximum Gasteiger partial charge on any atom is 0.339 e. The molecule has 4 nitrogen and oxygen atoms in total. The van der Waals surface area contributed by atoms with Crippen LogP contribution in [0.3, 0.4) is 0 Å². The molecule has 1 aromatic heterocycles. The zero-order chi connectivity index (χ0) is 14.7. The monoisotopic (exact) mass is 311 g/mol. The second-order valence-electron chi connectivity index (χ2n) is 3.92. The third kappa shape index (κ3) is 2.71. The molecule has 0 unspecified atom stereocenters. The number of benzene rings is 1. The van der Waals surface area contributed by atoms with E-state index in [0.29, 0.717) is 10.6 Å². The van der Waals surface area contributed by atoms with Crippen LogP contribution in [0.2, 0.25) is 10.0 Å². The Morgan fingerprint density at radius 3 is 2.75 bits per heavy atom. The Kier molecular flexibility index (Phi) is 4.47. The zero-order valence-corrected chi connectivity index (χ0v) is 12.1. The Labute approximate surface area is 125 Å². The van der Waals surface area contributed by atoms with Crippen LogP contribution in [0.1, 0.15) is 17.3 Å². The van der Waals surface area contributed by atoms with Crippen molar-refractivity contribution in [2.24, 2.45) is 0 Å². The molecule has 2 rings (SSSR count). The van der Waals surface area contributed by atoms with Crippen molar-refractivity contribution < 1.29 is 9.53 Å². The lowest BCUT2D eigenvalue weighted by atomic mass is 10.0. The Morgan fingerprint density at radius 1 is 1.30 bits per heavy atom. The number of aromatic amines is 1. The second-order valence-corrected chi connectivity index (χ2v) is 4.70. The van der Waals surface area contributed by atoms with Crippen molar-refractivity contribution in [1.82, 2.24) is 4.98 Å². The maximum absolute atomic E-state index is 12.0. The summed E-state index contributed by atoms with van der Waals surface area (Å²) in [5.41, 5.74) is 0.266. The first-order valence-electron chi connectivity index (χ1n) is 5.89. The molecular weight excluding hydrogens is 301 g/mol. The van der Waals surface area contributed by atoms with Gasteiger partial charge in [-0.05, 0) is 19.1 Å². The predicted octanol–water partition coefficient (Wildman–Crippen LogP) is 3.53. The maximum atomic E-state index is 12.0. The predicted molar refractivity (Wildman–Crippen MR) is 78.5 cm³/mol. The van der Waals surface area contributed by atoms with Crippen molar-refractivity contribution in [3.63, 3.8) is 0 Å². The van der Waals surface area contributed by atoms with E-state index in [0.717, 1.165) is 0 Å². The fourth-order valence-electron chi connectivity index (χ4n) is 1.82. The first kappa shape index (κ1) is 14.6. The molecule has 0 aliphatic heterocycles. The molecule has 0 fully saturated rings. The van der Waals surface area contributed by atoms with Gasteiger partial charge in [0.05, 0.1) is 27.8 Å². The van der Waals surface area contributed by atoms with Crippen molar-refractivity contribution in [1.29, 1.82) is 0 Å². The topological polar surface area (TPSA) is 59.2 Å². The number of pyridine rings is 1. The summed E-state index contributed by atoms with van der Waals surface area (Å²) in [6.45, 7) is 1.91. The van der Waals surface area contributed by atoms with E-state index in [1.807, 2.05) is 0 Å². The van der Waals surface area contributed by atoms with Crippen LogP contribution in [-0.2, 0) is 4.74 Å². The third-order valence-corrected chi connectivity index (χ3v) is 3.50. The molecule has 0 amide bonds. The average Bonchev–Trinajstić information content (AvgIpc) is 2.42. The summed E-state index contributed by atoms with van der Waals surface area (Å²) >= 11 is 12.1. The number of hydrogen-bond donors (Lipinski definition) is 1. The number of H-pyrrole nitrogens is 1. The average molecular weight is 312 g/mol. The number of hydrogen-bond acceptors (Lipinski definition) is 3. The smallest absolute Gasteiger partial charge is 0.339 e. The molecule has 1 N–H and O–H groups in total. The van der Waals surface area contributed by atoms with E-state index in [-0.39, 0.29) is 22.8 Å². The first-order chi connectivity index (χ1) is 9.56. The van der Waals surface area contributed by atoms with Crippen molar-refractivity contribution >= 4 is 29.2 Å². The number of carbonyl (C=O) groups excluding carboxylic acids is 1. The van der Waals surface area contributed by atoms with Gasteiger partial charge in [0, 0.05) is 11.8 Å². The largest absolute Gasteiger partial charge is 0.462 e. The normalized spacial score (nSPS) is 10.3. The van der Waals surface area contributed by atoms with E-state index >= 15 is 0 Å². The Morgan fingerprint density at radius 2 is 2.05 bits per heavy atom. The molecular formula is C14H11Cl2NO3. The van der Waals surface area contributed by atoms with Crippen LogP contribution >= 0.6 is 23.2 Å². The minimum atomic E-state index is -0.579. The van der Waals surface area contributed by atoms with Gasteiger partial charge in [-0.25, -0.2) is 4.79 Å². The molecule has 0 aliphatic carbocycles. The lowest BCUT2D eigenvalue weighted by molar-refractivity contribution is 0.0527. The van der Waals surface area contributed by atoms with Crippen LogP contribution < -0.4 is 5.56 Å². The number of carbonyl (C=O) groups is 1. The van der Waals surface area contributed by atoms with Crippen molar-refractivity contribution in [2.45, 2.75) is 6.92 Å². The highest BCUT2D eigenvalue weighted by Crippen LogP contribution is 2.33. The highest BCUT2D eigenvalue weighted by atomic mass is 35.5. The van der Waals surface area contributed by atoms with Gasteiger partial charge in [-0.15, -0.1) is 0 Å². The fourth-order valence-corrected chi connectivity index (χ4v) is 2.22. The van der Waals surface area contributed by atoms with Gasteiger partial charge in [-0.2, -0.15) is 0 Å². The van der Waals surface area contributed by atoms with Gasteiger partial charge >= 0.3 is 5.97 Å². The van der Waals surface area contributed by atoms with Crippen molar-refractivity contribution in [2.75, 3.05) is 6.61 Å². The van der Waals surface area contributed by atoms with Crippen LogP contribution in [0.15, 0.2) is 35.3 Å². The van der Waals surface area contributed by atoms with Gasteiger partial charge in [-0.3, -0.25) is 4.79 Å². The summed E-state index contributed by atoms with van der Waals surface area (Å²) < 4.78 is 4.95. The van der Waals surface area contributed by atoms with Gasteiger partial charge in [0.1, 0.15) is 0 Å².